The van der Waals surface area contributed by atoms with Gasteiger partial charge in [-0.2, -0.15) is 5.10 Å². The number of methoxy groups -OCH3 is 1. The van der Waals surface area contributed by atoms with Gasteiger partial charge in [-0.25, -0.2) is 9.18 Å². The van der Waals surface area contributed by atoms with Crippen LogP contribution in [0, 0.1) is 5.82 Å². The summed E-state index contributed by atoms with van der Waals surface area (Å²) in [5.74, 6) is -1.01. The number of ether oxygens (including phenoxy) is 2. The molecule has 0 spiro atoms. The summed E-state index contributed by atoms with van der Waals surface area (Å²) in [6, 6.07) is 4.17. The SMILES string of the molecule is CCCCCCOc1ccc(F)cc1C=N/N=C1/NC(=O)/C(=C\C(=O)OC)S1. The fraction of sp³-hybridized carbons (Fsp3) is 0.368. The van der Waals surface area contributed by atoms with E-state index in [0.29, 0.717) is 17.9 Å². The van der Waals surface area contributed by atoms with Gasteiger partial charge in [0.1, 0.15) is 11.6 Å². The molecule has 28 heavy (non-hydrogen) atoms. The summed E-state index contributed by atoms with van der Waals surface area (Å²) in [6.45, 7) is 2.67. The van der Waals surface area contributed by atoms with E-state index in [2.05, 4.69) is 27.2 Å². The number of rotatable bonds is 9. The normalized spacial score (nSPS) is 16.8. The average Bonchev–Trinajstić information content (AvgIpc) is 3.02. The van der Waals surface area contributed by atoms with Crippen molar-refractivity contribution in [3.63, 3.8) is 0 Å². The predicted octanol–water partition coefficient (Wildman–Crippen LogP) is 3.39. The van der Waals surface area contributed by atoms with E-state index in [1.54, 1.807) is 6.07 Å². The number of thioether (sulfide) groups is 1. The summed E-state index contributed by atoms with van der Waals surface area (Å²) in [5, 5.41) is 10.5. The molecule has 1 aliphatic rings. The van der Waals surface area contributed by atoms with Gasteiger partial charge in [-0.05, 0) is 36.4 Å². The number of hydrogen-bond acceptors (Lipinski definition) is 7. The van der Waals surface area contributed by atoms with Gasteiger partial charge in [-0.1, -0.05) is 26.2 Å². The number of carbonyl (C=O) groups is 2. The molecule has 0 unspecified atom stereocenters. The maximum atomic E-state index is 13.6. The van der Waals surface area contributed by atoms with Gasteiger partial charge in [0, 0.05) is 11.6 Å². The van der Waals surface area contributed by atoms with Gasteiger partial charge < -0.3 is 9.47 Å². The molecule has 1 fully saturated rings. The lowest BCUT2D eigenvalue weighted by molar-refractivity contribution is -0.135. The lowest BCUT2D eigenvalue weighted by atomic mass is 10.2. The maximum absolute atomic E-state index is 13.6. The number of halogens is 1. The number of esters is 1. The molecule has 1 saturated heterocycles. The smallest absolute Gasteiger partial charge is 0.331 e. The van der Waals surface area contributed by atoms with Crippen LogP contribution >= 0.6 is 11.8 Å². The molecule has 2 rings (SSSR count). The van der Waals surface area contributed by atoms with Crippen molar-refractivity contribution < 1.29 is 23.5 Å². The highest BCUT2D eigenvalue weighted by Gasteiger charge is 2.25. The van der Waals surface area contributed by atoms with Gasteiger partial charge in [0.15, 0.2) is 5.17 Å². The van der Waals surface area contributed by atoms with E-state index in [1.165, 1.54) is 25.5 Å². The molecule has 1 N–H and O–H groups in total. The van der Waals surface area contributed by atoms with Gasteiger partial charge in [0.05, 0.1) is 24.8 Å². The third kappa shape index (κ3) is 6.80. The molecule has 1 aromatic carbocycles. The average molecular weight is 407 g/mol. The summed E-state index contributed by atoms with van der Waals surface area (Å²) in [4.78, 5) is 23.1. The van der Waals surface area contributed by atoms with Gasteiger partial charge in [0.25, 0.3) is 5.91 Å². The van der Waals surface area contributed by atoms with Gasteiger partial charge in [-0.15, -0.1) is 5.10 Å². The van der Waals surface area contributed by atoms with E-state index in [1.807, 2.05) is 0 Å². The van der Waals surface area contributed by atoms with E-state index in [-0.39, 0.29) is 10.1 Å². The lowest BCUT2D eigenvalue weighted by Crippen LogP contribution is -2.19. The Morgan fingerprint density at radius 2 is 2.14 bits per heavy atom. The van der Waals surface area contributed by atoms with Crippen molar-refractivity contribution in [2.45, 2.75) is 32.6 Å². The van der Waals surface area contributed by atoms with Crippen LogP contribution in [-0.4, -0.2) is 37.0 Å². The molecule has 1 heterocycles. The minimum absolute atomic E-state index is 0.155. The molecular weight excluding hydrogens is 385 g/mol. The van der Waals surface area contributed by atoms with E-state index in [9.17, 15) is 14.0 Å². The molecule has 1 aromatic rings. The largest absolute Gasteiger partial charge is 0.493 e. The Hall–Kier alpha value is -2.68. The van der Waals surface area contributed by atoms with Crippen LogP contribution in [0.25, 0.3) is 0 Å². The van der Waals surface area contributed by atoms with E-state index in [0.717, 1.165) is 43.5 Å². The zero-order valence-electron chi connectivity index (χ0n) is 15.7. The first-order valence-corrected chi connectivity index (χ1v) is 9.67. The van der Waals surface area contributed by atoms with Crippen LogP contribution in [0.15, 0.2) is 39.4 Å². The highest BCUT2D eigenvalue weighted by molar-refractivity contribution is 8.18. The highest BCUT2D eigenvalue weighted by Crippen LogP contribution is 2.24. The van der Waals surface area contributed by atoms with Crippen LogP contribution in [0.5, 0.6) is 5.75 Å². The van der Waals surface area contributed by atoms with E-state index >= 15 is 0 Å². The molecule has 0 aliphatic carbocycles. The van der Waals surface area contributed by atoms with Crippen LogP contribution in [0.1, 0.15) is 38.2 Å². The Balaban J connectivity index is 2.02. The zero-order valence-corrected chi connectivity index (χ0v) is 16.6. The third-order valence-corrected chi connectivity index (χ3v) is 4.57. The molecule has 0 aromatic heterocycles. The first-order chi connectivity index (χ1) is 13.5. The maximum Gasteiger partial charge on any atom is 0.331 e. The van der Waals surface area contributed by atoms with Crippen molar-refractivity contribution in [3.05, 3.63) is 40.6 Å². The molecule has 150 valence electrons. The molecule has 7 nitrogen and oxygen atoms in total. The number of hydrogen-bond donors (Lipinski definition) is 1. The zero-order chi connectivity index (χ0) is 20.4. The molecule has 0 atom stereocenters. The predicted molar refractivity (Wildman–Crippen MR) is 107 cm³/mol. The summed E-state index contributed by atoms with van der Waals surface area (Å²) < 4.78 is 23.8. The number of benzene rings is 1. The van der Waals surface area contributed by atoms with Crippen LogP contribution in [0.3, 0.4) is 0 Å². The second-order valence-electron chi connectivity index (χ2n) is 5.83. The topological polar surface area (TPSA) is 89.4 Å². The van der Waals surface area contributed by atoms with Crippen molar-refractivity contribution in [3.8, 4) is 5.75 Å². The Labute approximate surface area is 167 Å². The van der Waals surface area contributed by atoms with Crippen LogP contribution in [0.4, 0.5) is 4.39 Å². The molecule has 0 radical (unpaired) electrons. The Morgan fingerprint density at radius 1 is 1.32 bits per heavy atom. The second-order valence-corrected chi connectivity index (χ2v) is 6.86. The van der Waals surface area contributed by atoms with E-state index in [4.69, 9.17) is 4.74 Å². The second kappa shape index (κ2) is 11.2. The molecule has 1 amide bonds. The highest BCUT2D eigenvalue weighted by atomic mass is 32.2. The fourth-order valence-corrected chi connectivity index (χ4v) is 2.99. The van der Waals surface area contributed by atoms with Crippen molar-refractivity contribution in [1.82, 2.24) is 5.32 Å². The minimum Gasteiger partial charge on any atom is -0.493 e. The molecule has 9 heteroatoms. The number of amides is 1. The van der Waals surface area contributed by atoms with Crippen molar-refractivity contribution in [2.75, 3.05) is 13.7 Å². The first kappa shape index (κ1) is 21.6. The Morgan fingerprint density at radius 3 is 2.89 bits per heavy atom. The standard InChI is InChI=1S/C19H22FN3O4S/c1-3-4-5-6-9-27-15-8-7-14(20)10-13(15)12-21-23-19-22-18(25)16(28-19)11-17(24)26-2/h7-8,10-12H,3-6,9H2,1-2H3,(H,22,23,25)/b16-11+,21-12?. The summed E-state index contributed by atoms with van der Waals surface area (Å²) in [5.41, 5.74) is 0.444. The molecule has 1 aliphatic heterocycles. The lowest BCUT2D eigenvalue weighted by Gasteiger charge is -2.08. The van der Waals surface area contributed by atoms with Crippen molar-refractivity contribution in [2.24, 2.45) is 10.2 Å². The minimum atomic E-state index is -0.636. The molecule has 0 bridgehead atoms. The third-order valence-electron chi connectivity index (χ3n) is 3.67. The number of nitrogens with zero attached hydrogens (tertiary/aromatic N) is 2. The summed E-state index contributed by atoms with van der Waals surface area (Å²) in [7, 11) is 1.22. The quantitative estimate of drug-likeness (QED) is 0.223. The summed E-state index contributed by atoms with van der Waals surface area (Å²) in [6.07, 6.45) is 6.71. The number of carbonyl (C=O) groups excluding carboxylic acids is 2. The van der Waals surface area contributed by atoms with E-state index < -0.39 is 17.7 Å². The van der Waals surface area contributed by atoms with Gasteiger partial charge in [-0.3, -0.25) is 10.1 Å². The Bertz CT molecular complexity index is 808. The number of unbranched alkanes of at least 4 members (excludes halogenated alkanes) is 3. The van der Waals surface area contributed by atoms with Crippen LogP contribution < -0.4 is 10.1 Å². The molecular formula is C19H22FN3O4S. The molecule has 0 saturated carbocycles. The van der Waals surface area contributed by atoms with Crippen LogP contribution in [0.2, 0.25) is 0 Å². The first-order valence-electron chi connectivity index (χ1n) is 8.85. The van der Waals surface area contributed by atoms with Gasteiger partial charge >= 0.3 is 5.97 Å². The fourth-order valence-electron chi connectivity index (χ4n) is 2.25. The van der Waals surface area contributed by atoms with Crippen molar-refractivity contribution >= 4 is 35.0 Å². The monoisotopic (exact) mass is 407 g/mol. The van der Waals surface area contributed by atoms with Gasteiger partial charge in [0.2, 0.25) is 0 Å². The van der Waals surface area contributed by atoms with Crippen molar-refractivity contribution in [1.29, 1.82) is 0 Å². The number of nitrogens with one attached hydrogen (secondary N) is 1. The Kier molecular flexibility index (Phi) is 8.67. The van der Waals surface area contributed by atoms with Crippen LogP contribution in [-0.2, 0) is 14.3 Å². The summed E-state index contributed by atoms with van der Waals surface area (Å²) >= 11 is 0.957. The number of amidine groups is 1.